The van der Waals surface area contributed by atoms with E-state index in [4.69, 9.17) is 74.3 Å². The van der Waals surface area contributed by atoms with Crippen LogP contribution in [0.3, 0.4) is 0 Å². The highest BCUT2D eigenvalue weighted by Gasteiger charge is 2.57. The van der Waals surface area contributed by atoms with E-state index in [1.807, 2.05) is 0 Å². The number of alkyl halides is 12. The highest BCUT2D eigenvalue weighted by molar-refractivity contribution is 6.49. The molecule has 4 atom stereocenters. The maximum atomic E-state index is 13.6. The summed E-state index contributed by atoms with van der Waals surface area (Å²) in [5.41, 5.74) is 0. The predicted molar refractivity (Wildman–Crippen MR) is 108 cm³/mol. The summed E-state index contributed by atoms with van der Waals surface area (Å²) in [4.78, 5) is 0. The van der Waals surface area contributed by atoms with E-state index < -0.39 is 57.9 Å². The molecule has 0 saturated carbocycles. The molecule has 0 rings (SSSR count). The van der Waals surface area contributed by atoms with Crippen LogP contribution in [-0.2, 0) is 4.74 Å². The number of hydrogen-bond donors (Lipinski definition) is 0. The van der Waals surface area contributed by atoms with Gasteiger partial charge in [0.25, 0.3) is 0 Å². The molecule has 0 fully saturated rings. The smallest absolute Gasteiger partial charge is 0.367 e. The second kappa shape index (κ2) is 11.9. The quantitative estimate of drug-likeness (QED) is 0.173. The second-order valence-electron chi connectivity index (χ2n) is 6.49. The van der Waals surface area contributed by atoms with Crippen LogP contribution in [-0.4, -0.2) is 45.0 Å². The molecule has 4 unspecified atom stereocenters. The molecule has 0 N–H and O–H groups in total. The Kier molecular flexibility index (Phi) is 12.5. The van der Waals surface area contributed by atoms with Crippen molar-refractivity contribution in [3.05, 3.63) is 0 Å². The van der Waals surface area contributed by atoms with E-state index in [2.05, 4.69) is 0 Å². The Morgan fingerprint density at radius 1 is 0.655 bits per heavy atom. The lowest BCUT2D eigenvalue weighted by Crippen LogP contribution is -2.54. The highest BCUT2D eigenvalue weighted by atomic mass is 35.5. The first-order valence-corrected chi connectivity index (χ1v) is 11.2. The Balaban J connectivity index is 6.42. The molecule has 29 heavy (non-hydrogen) atoms. The maximum absolute atomic E-state index is 13.6. The number of rotatable bonds is 12. The SMILES string of the molecule is CCC(C(OC(C(CC)C(F)(F)F)C(Cl)(Cl)CCCl)C(Cl)(Cl)CCCl)C(F)(F)F. The minimum Gasteiger partial charge on any atom is -0.367 e. The molecule has 0 aromatic carbocycles. The Morgan fingerprint density at radius 2 is 0.931 bits per heavy atom. The minimum atomic E-state index is -4.86. The summed E-state index contributed by atoms with van der Waals surface area (Å²) < 4.78 is 82.6. The molecule has 0 aliphatic rings. The van der Waals surface area contributed by atoms with Gasteiger partial charge in [0, 0.05) is 11.8 Å². The molecule has 0 aliphatic carbocycles. The van der Waals surface area contributed by atoms with Gasteiger partial charge in [-0.25, -0.2) is 0 Å². The molecule has 0 heterocycles. The Hall–Kier alpha value is 1.28. The number of hydrogen-bond acceptors (Lipinski definition) is 1. The summed E-state index contributed by atoms with van der Waals surface area (Å²) in [5, 5.41) is 0. The molecule has 0 aromatic heterocycles. The number of halogens is 12. The molecule has 0 spiro atoms. The van der Waals surface area contributed by atoms with Crippen molar-refractivity contribution in [1.82, 2.24) is 0 Å². The Bertz CT molecular complexity index is 444. The van der Waals surface area contributed by atoms with E-state index in [9.17, 15) is 26.3 Å². The fourth-order valence-corrected chi connectivity index (χ4v) is 5.08. The van der Waals surface area contributed by atoms with Crippen LogP contribution in [0.5, 0.6) is 0 Å². The Labute approximate surface area is 196 Å². The van der Waals surface area contributed by atoms with Crippen LogP contribution in [0.2, 0.25) is 0 Å². The molecule has 0 aromatic rings. The van der Waals surface area contributed by atoms with E-state index in [1.165, 1.54) is 13.8 Å². The zero-order valence-corrected chi connectivity index (χ0v) is 20.0. The summed E-state index contributed by atoms with van der Waals surface area (Å²) in [6.45, 7) is 2.37. The normalized spacial score (nSPS) is 18.4. The van der Waals surface area contributed by atoms with Crippen molar-refractivity contribution in [2.75, 3.05) is 11.8 Å². The van der Waals surface area contributed by atoms with Crippen molar-refractivity contribution >= 4 is 69.6 Å². The minimum absolute atomic E-state index is 0.253. The third kappa shape index (κ3) is 8.97. The first kappa shape index (κ1) is 30.3. The molecule has 13 heteroatoms. The van der Waals surface area contributed by atoms with Crippen LogP contribution in [0.25, 0.3) is 0 Å². The molecule has 0 bridgehead atoms. The van der Waals surface area contributed by atoms with Crippen molar-refractivity contribution in [2.45, 2.75) is 72.8 Å². The Morgan fingerprint density at radius 3 is 1.10 bits per heavy atom. The van der Waals surface area contributed by atoms with E-state index in [1.54, 1.807) is 0 Å². The molecule has 176 valence electrons. The van der Waals surface area contributed by atoms with E-state index in [0.29, 0.717) is 0 Å². The lowest BCUT2D eigenvalue weighted by molar-refractivity contribution is -0.247. The molecule has 0 radical (unpaired) electrons. The summed E-state index contributed by atoms with van der Waals surface area (Å²) >= 11 is 35.5. The standard InChI is InChI=1S/C16H22Cl6F6O/c1-3-9(15(23,24)25)11(13(19,20)5-7-17)29-12(14(21,22)6-8-18)10(4-2)16(26,27)28/h9-12H,3-8H2,1-2H3. The van der Waals surface area contributed by atoms with Gasteiger partial charge in [-0.15, -0.1) is 23.2 Å². The van der Waals surface area contributed by atoms with Crippen molar-refractivity contribution in [3.8, 4) is 0 Å². The molecule has 0 aliphatic heterocycles. The van der Waals surface area contributed by atoms with Crippen LogP contribution in [0.4, 0.5) is 26.3 Å². The van der Waals surface area contributed by atoms with Gasteiger partial charge in [-0.2, -0.15) is 26.3 Å². The molecule has 0 amide bonds. The van der Waals surface area contributed by atoms with Gasteiger partial charge in [-0.3, -0.25) is 0 Å². The monoisotopic (exact) mass is 554 g/mol. The largest absolute Gasteiger partial charge is 0.394 e. The fourth-order valence-electron chi connectivity index (χ4n) is 2.91. The zero-order valence-electron chi connectivity index (χ0n) is 15.5. The average molecular weight is 557 g/mol. The van der Waals surface area contributed by atoms with Gasteiger partial charge in [0.1, 0.15) is 20.9 Å². The molecular weight excluding hydrogens is 535 g/mol. The third-order valence-corrected chi connectivity index (χ3v) is 6.43. The topological polar surface area (TPSA) is 9.23 Å². The zero-order chi connectivity index (χ0) is 23.3. The summed E-state index contributed by atoms with van der Waals surface area (Å²) in [6, 6.07) is 0. The third-order valence-electron chi connectivity index (χ3n) is 4.43. The lowest BCUT2D eigenvalue weighted by Gasteiger charge is -2.43. The summed E-state index contributed by atoms with van der Waals surface area (Å²) in [5.74, 6) is -5.07. The van der Waals surface area contributed by atoms with Crippen molar-refractivity contribution < 1.29 is 31.1 Å². The van der Waals surface area contributed by atoms with Gasteiger partial charge in [0.2, 0.25) is 0 Å². The van der Waals surface area contributed by atoms with Gasteiger partial charge in [0.05, 0.1) is 11.8 Å². The fraction of sp³-hybridized carbons (Fsp3) is 1.00. The second-order valence-corrected chi connectivity index (χ2v) is 10.3. The van der Waals surface area contributed by atoms with Gasteiger partial charge >= 0.3 is 12.4 Å². The summed E-state index contributed by atoms with van der Waals surface area (Å²) in [6.07, 6.45) is -15.8. The maximum Gasteiger partial charge on any atom is 0.394 e. The molecule has 1 nitrogen and oxygen atoms in total. The predicted octanol–water partition coefficient (Wildman–Crippen LogP) is 8.52. The van der Waals surface area contributed by atoms with Crippen LogP contribution in [0.1, 0.15) is 39.5 Å². The van der Waals surface area contributed by atoms with Gasteiger partial charge in [-0.1, -0.05) is 60.3 Å². The first-order chi connectivity index (χ1) is 13.0. The summed E-state index contributed by atoms with van der Waals surface area (Å²) in [7, 11) is 0. The van der Waals surface area contributed by atoms with Crippen LogP contribution in [0, 0.1) is 11.8 Å². The lowest BCUT2D eigenvalue weighted by atomic mass is 9.90. The van der Waals surface area contributed by atoms with Crippen LogP contribution >= 0.6 is 69.6 Å². The van der Waals surface area contributed by atoms with Crippen molar-refractivity contribution in [3.63, 3.8) is 0 Å². The molecule has 0 saturated heterocycles. The van der Waals surface area contributed by atoms with Crippen LogP contribution < -0.4 is 0 Å². The molecular formula is C16H22Cl6F6O. The van der Waals surface area contributed by atoms with E-state index in [0.717, 1.165) is 0 Å². The highest BCUT2D eigenvalue weighted by Crippen LogP contribution is 2.49. The van der Waals surface area contributed by atoms with E-state index in [-0.39, 0.29) is 24.6 Å². The average Bonchev–Trinajstić information content (AvgIpc) is 2.50. The van der Waals surface area contributed by atoms with E-state index >= 15 is 0 Å². The van der Waals surface area contributed by atoms with Gasteiger partial charge in [0.15, 0.2) is 0 Å². The van der Waals surface area contributed by atoms with Crippen molar-refractivity contribution in [2.24, 2.45) is 11.8 Å². The number of ether oxygens (including phenoxy) is 1. The van der Waals surface area contributed by atoms with Crippen molar-refractivity contribution in [1.29, 1.82) is 0 Å². The van der Waals surface area contributed by atoms with Gasteiger partial charge in [-0.05, 0) is 25.7 Å². The van der Waals surface area contributed by atoms with Crippen LogP contribution in [0.15, 0.2) is 0 Å². The first-order valence-electron chi connectivity index (χ1n) is 8.65. The van der Waals surface area contributed by atoms with Gasteiger partial charge < -0.3 is 4.74 Å².